The fraction of sp³-hybridized carbons (Fsp3) is 0.591. The number of rotatable bonds is 4. The van der Waals surface area contributed by atoms with Gasteiger partial charge in [0.1, 0.15) is 11.9 Å². The summed E-state index contributed by atoms with van der Waals surface area (Å²) >= 11 is 0. The van der Waals surface area contributed by atoms with Gasteiger partial charge in [-0.15, -0.1) is 0 Å². The van der Waals surface area contributed by atoms with Gasteiger partial charge in [0, 0.05) is 24.0 Å². The number of ether oxygens (including phenoxy) is 3. The van der Waals surface area contributed by atoms with Gasteiger partial charge in [0.2, 0.25) is 0 Å². The van der Waals surface area contributed by atoms with Gasteiger partial charge in [-0.3, -0.25) is 0 Å². The number of hydrogen-bond donors (Lipinski definition) is 0. The predicted octanol–water partition coefficient (Wildman–Crippen LogP) is 3.37. The smallest absolute Gasteiger partial charge is 0.338 e. The molecule has 0 spiro atoms. The summed E-state index contributed by atoms with van der Waals surface area (Å²) in [5, 5.41) is 0. The van der Waals surface area contributed by atoms with Crippen LogP contribution in [0.2, 0.25) is 0 Å². The van der Waals surface area contributed by atoms with Crippen LogP contribution in [0.4, 0.5) is 0 Å². The Morgan fingerprint density at radius 2 is 2.04 bits per heavy atom. The second-order valence-electron chi connectivity index (χ2n) is 8.87. The summed E-state index contributed by atoms with van der Waals surface area (Å²) in [5.41, 5.74) is 3.32. The highest BCUT2D eigenvalue weighted by atomic mass is 16.7. The van der Waals surface area contributed by atoms with E-state index in [0.717, 1.165) is 19.3 Å². The molecule has 4 atom stereocenters. The van der Waals surface area contributed by atoms with Crippen LogP contribution >= 0.6 is 0 Å². The number of carbonyl (C=O) groups is 3. The Hall–Kier alpha value is -2.37. The summed E-state index contributed by atoms with van der Waals surface area (Å²) in [6.45, 7) is 7.61. The van der Waals surface area contributed by atoms with Crippen LogP contribution in [-0.4, -0.2) is 30.1 Å². The van der Waals surface area contributed by atoms with E-state index < -0.39 is 18.2 Å². The van der Waals surface area contributed by atoms with Gasteiger partial charge in [-0.2, -0.15) is 0 Å². The van der Waals surface area contributed by atoms with Crippen molar-refractivity contribution < 1.29 is 28.6 Å². The minimum Gasteiger partial charge on any atom is -0.458 e. The normalized spacial score (nSPS) is 34.7. The Morgan fingerprint density at radius 3 is 2.68 bits per heavy atom. The first-order valence-electron chi connectivity index (χ1n) is 9.88. The lowest BCUT2D eigenvalue weighted by molar-refractivity contribution is -0.152. The number of cyclic esters (lactones) is 1. The highest BCUT2D eigenvalue weighted by Crippen LogP contribution is 2.58. The third-order valence-corrected chi connectivity index (χ3v) is 6.41. The molecule has 0 amide bonds. The average molecular weight is 386 g/mol. The fourth-order valence-corrected chi connectivity index (χ4v) is 5.22. The molecule has 0 aromatic carbocycles. The first kappa shape index (κ1) is 19.0. The topological polar surface area (TPSA) is 78.9 Å². The number of Topliss-reactive ketones (excluding diaryl/α,β-unsaturated/α-hetero) is 1. The van der Waals surface area contributed by atoms with Crippen LogP contribution in [-0.2, 0) is 28.6 Å². The van der Waals surface area contributed by atoms with Crippen molar-refractivity contribution in [2.24, 2.45) is 17.3 Å². The summed E-state index contributed by atoms with van der Waals surface area (Å²) in [5.74, 6) is -1.00. The van der Waals surface area contributed by atoms with Gasteiger partial charge in [0.05, 0.1) is 11.8 Å². The molecule has 6 heteroatoms. The van der Waals surface area contributed by atoms with E-state index in [1.165, 1.54) is 17.4 Å². The number of allylic oxidation sites excluding steroid dienone is 1. The number of esters is 2. The van der Waals surface area contributed by atoms with Crippen LogP contribution in [0.25, 0.3) is 0 Å². The van der Waals surface area contributed by atoms with Crippen LogP contribution in [0.3, 0.4) is 0 Å². The van der Waals surface area contributed by atoms with E-state index >= 15 is 0 Å². The standard InChI is InChI=1S/C22H26O6/c1-11-8-16(27-20(11)24)26-10-15-17-14(9-12(2)23)13-6-5-7-22(3,4)18(13)19(17)28-21(15)25/h8,10,14,16-17,19H,5-7,9H2,1-4H3/t14-,16?,17-,19+/m1/s1. The molecule has 2 aliphatic carbocycles. The maximum Gasteiger partial charge on any atom is 0.338 e. The Balaban J connectivity index is 1.67. The molecular weight excluding hydrogens is 360 g/mol. The van der Waals surface area contributed by atoms with Gasteiger partial charge in [-0.05, 0) is 50.0 Å². The molecule has 1 saturated heterocycles. The number of carbonyl (C=O) groups excluding carboxylic acids is 3. The molecule has 1 unspecified atom stereocenters. The molecular formula is C22H26O6. The van der Waals surface area contributed by atoms with E-state index in [1.807, 2.05) is 0 Å². The summed E-state index contributed by atoms with van der Waals surface area (Å²) in [7, 11) is 0. The summed E-state index contributed by atoms with van der Waals surface area (Å²) in [6, 6.07) is 0. The molecule has 0 aromatic rings. The van der Waals surface area contributed by atoms with Gasteiger partial charge < -0.3 is 19.0 Å². The van der Waals surface area contributed by atoms with E-state index in [4.69, 9.17) is 14.2 Å². The third kappa shape index (κ3) is 2.99. The Kier molecular flexibility index (Phi) is 4.47. The molecule has 6 nitrogen and oxygen atoms in total. The number of ketones is 1. The fourth-order valence-electron chi connectivity index (χ4n) is 5.22. The minimum atomic E-state index is -0.835. The zero-order valence-corrected chi connectivity index (χ0v) is 16.7. The molecule has 28 heavy (non-hydrogen) atoms. The quantitative estimate of drug-likeness (QED) is 0.319. The molecule has 4 aliphatic rings. The van der Waals surface area contributed by atoms with Crippen molar-refractivity contribution in [3.05, 3.63) is 34.6 Å². The molecule has 4 rings (SSSR count). The zero-order valence-electron chi connectivity index (χ0n) is 16.7. The van der Waals surface area contributed by atoms with Crippen molar-refractivity contribution in [3.8, 4) is 0 Å². The first-order chi connectivity index (χ1) is 13.2. The van der Waals surface area contributed by atoms with Crippen molar-refractivity contribution in [2.75, 3.05) is 0 Å². The molecule has 0 saturated carbocycles. The van der Waals surface area contributed by atoms with Gasteiger partial charge in [-0.1, -0.05) is 19.4 Å². The van der Waals surface area contributed by atoms with E-state index in [1.54, 1.807) is 19.9 Å². The average Bonchev–Trinajstić information content (AvgIpc) is 3.18. The monoisotopic (exact) mass is 386 g/mol. The maximum absolute atomic E-state index is 12.6. The Labute approximate surface area is 164 Å². The van der Waals surface area contributed by atoms with Gasteiger partial charge in [-0.25, -0.2) is 9.59 Å². The Bertz CT molecular complexity index is 843. The van der Waals surface area contributed by atoms with Crippen molar-refractivity contribution in [2.45, 2.75) is 65.8 Å². The van der Waals surface area contributed by atoms with Crippen molar-refractivity contribution in [1.82, 2.24) is 0 Å². The van der Waals surface area contributed by atoms with E-state index in [0.29, 0.717) is 17.6 Å². The van der Waals surface area contributed by atoms with E-state index in [-0.39, 0.29) is 29.1 Å². The SMILES string of the molecule is CC(=O)C[C@@H]1C2=C([C@H]3OC(=O)C(=COC4C=C(C)C(=O)O4)[C@@H]13)C(C)(C)CCC2. The second kappa shape index (κ2) is 6.61. The van der Waals surface area contributed by atoms with Crippen LogP contribution in [0, 0.1) is 17.3 Å². The van der Waals surface area contributed by atoms with Gasteiger partial charge >= 0.3 is 11.9 Å². The molecule has 0 aromatic heterocycles. The molecule has 2 aliphatic heterocycles. The maximum atomic E-state index is 12.6. The molecule has 0 radical (unpaired) electrons. The molecule has 0 N–H and O–H groups in total. The van der Waals surface area contributed by atoms with Crippen LogP contribution in [0.15, 0.2) is 34.6 Å². The van der Waals surface area contributed by atoms with Gasteiger partial charge in [0.25, 0.3) is 6.29 Å². The zero-order chi connectivity index (χ0) is 20.2. The number of hydrogen-bond acceptors (Lipinski definition) is 6. The van der Waals surface area contributed by atoms with Crippen molar-refractivity contribution >= 4 is 17.7 Å². The van der Waals surface area contributed by atoms with Crippen LogP contribution < -0.4 is 0 Å². The van der Waals surface area contributed by atoms with E-state index in [9.17, 15) is 14.4 Å². The summed E-state index contributed by atoms with van der Waals surface area (Å²) in [6.07, 6.45) is 5.23. The highest BCUT2D eigenvalue weighted by Gasteiger charge is 2.56. The first-order valence-corrected chi connectivity index (χ1v) is 9.88. The summed E-state index contributed by atoms with van der Waals surface area (Å²) < 4.78 is 16.5. The second-order valence-corrected chi connectivity index (χ2v) is 8.87. The lowest BCUT2D eigenvalue weighted by Gasteiger charge is -2.35. The highest BCUT2D eigenvalue weighted by molar-refractivity contribution is 5.93. The van der Waals surface area contributed by atoms with Gasteiger partial charge in [0.15, 0.2) is 0 Å². The Morgan fingerprint density at radius 1 is 1.29 bits per heavy atom. The lowest BCUT2D eigenvalue weighted by Crippen LogP contribution is -2.27. The van der Waals surface area contributed by atoms with E-state index in [2.05, 4.69) is 13.8 Å². The predicted molar refractivity (Wildman–Crippen MR) is 99.6 cm³/mol. The molecule has 2 heterocycles. The molecule has 1 fully saturated rings. The van der Waals surface area contributed by atoms with Crippen molar-refractivity contribution in [3.63, 3.8) is 0 Å². The number of fused-ring (bicyclic) bond motifs is 2. The van der Waals surface area contributed by atoms with Crippen LogP contribution in [0.1, 0.15) is 53.4 Å². The molecule has 150 valence electrons. The van der Waals surface area contributed by atoms with Crippen molar-refractivity contribution in [1.29, 1.82) is 0 Å². The largest absolute Gasteiger partial charge is 0.458 e. The van der Waals surface area contributed by atoms with Crippen LogP contribution in [0.5, 0.6) is 0 Å². The minimum absolute atomic E-state index is 0.0400. The molecule has 0 bridgehead atoms. The summed E-state index contributed by atoms with van der Waals surface area (Å²) in [4.78, 5) is 36.1. The lowest BCUT2D eigenvalue weighted by atomic mass is 9.72. The third-order valence-electron chi connectivity index (χ3n) is 6.41.